The normalized spacial score (nSPS) is 15.5. The molecule has 0 saturated carbocycles. The molecular formula is C16H25N4OS+. The molecule has 6 heteroatoms. The Morgan fingerprint density at radius 1 is 1.27 bits per heavy atom. The molecule has 22 heavy (non-hydrogen) atoms. The van der Waals surface area contributed by atoms with E-state index in [4.69, 9.17) is 12.2 Å². The molecule has 0 aliphatic carbocycles. The highest BCUT2D eigenvalue weighted by atomic mass is 32.1. The number of carbonyl (C=O) groups is 1. The summed E-state index contributed by atoms with van der Waals surface area (Å²) in [7, 11) is 2.23. The molecule has 0 radical (unpaired) electrons. The summed E-state index contributed by atoms with van der Waals surface area (Å²) in [6, 6.07) is 8.19. The van der Waals surface area contributed by atoms with Crippen molar-refractivity contribution < 1.29 is 9.69 Å². The van der Waals surface area contributed by atoms with Crippen molar-refractivity contribution in [1.29, 1.82) is 0 Å². The van der Waals surface area contributed by atoms with E-state index in [9.17, 15) is 4.79 Å². The molecule has 2 rings (SSSR count). The number of anilines is 2. The van der Waals surface area contributed by atoms with Crippen LogP contribution in [0.1, 0.15) is 19.8 Å². The van der Waals surface area contributed by atoms with Crippen LogP contribution < -0.4 is 20.4 Å². The van der Waals surface area contributed by atoms with Crippen molar-refractivity contribution in [1.82, 2.24) is 5.32 Å². The zero-order valence-corrected chi connectivity index (χ0v) is 14.1. The van der Waals surface area contributed by atoms with Gasteiger partial charge in [0.2, 0.25) is 5.91 Å². The van der Waals surface area contributed by atoms with Crippen LogP contribution in [0.3, 0.4) is 0 Å². The lowest BCUT2D eigenvalue weighted by molar-refractivity contribution is -0.880. The maximum Gasteiger partial charge on any atom is 0.226 e. The van der Waals surface area contributed by atoms with Crippen molar-refractivity contribution in [3.63, 3.8) is 0 Å². The van der Waals surface area contributed by atoms with Gasteiger partial charge in [-0.25, -0.2) is 0 Å². The molecule has 5 nitrogen and oxygen atoms in total. The molecule has 1 aliphatic rings. The van der Waals surface area contributed by atoms with Gasteiger partial charge >= 0.3 is 0 Å². The van der Waals surface area contributed by atoms with E-state index in [2.05, 4.69) is 34.7 Å². The monoisotopic (exact) mass is 321 g/mol. The predicted octanol–water partition coefficient (Wildman–Crippen LogP) is 0.634. The molecule has 1 heterocycles. The molecule has 1 aromatic rings. The highest BCUT2D eigenvalue weighted by molar-refractivity contribution is 7.80. The lowest BCUT2D eigenvalue weighted by Gasteiger charge is -2.31. The maximum atomic E-state index is 11.5. The Labute approximate surface area is 137 Å². The number of nitrogens with zero attached hydrogens (tertiary/aromatic N) is 1. The first-order chi connectivity index (χ1) is 10.6. The molecule has 1 amide bonds. The summed E-state index contributed by atoms with van der Waals surface area (Å²) >= 11 is 5.14. The number of piperazine rings is 1. The molecule has 3 N–H and O–H groups in total. The van der Waals surface area contributed by atoms with Crippen LogP contribution in [0.5, 0.6) is 0 Å². The minimum absolute atomic E-state index is 0.0449. The minimum Gasteiger partial charge on any atom is -0.360 e. The molecule has 120 valence electrons. The molecule has 1 aliphatic heterocycles. The first kappa shape index (κ1) is 16.7. The molecule has 0 spiro atoms. The summed E-state index contributed by atoms with van der Waals surface area (Å²) in [5.74, 6) is -0.0449. The van der Waals surface area contributed by atoms with E-state index >= 15 is 0 Å². The van der Waals surface area contributed by atoms with Crippen LogP contribution >= 0.6 is 12.2 Å². The van der Waals surface area contributed by atoms with Crippen molar-refractivity contribution in [2.45, 2.75) is 19.8 Å². The third kappa shape index (κ3) is 4.96. The fourth-order valence-electron chi connectivity index (χ4n) is 2.48. The van der Waals surface area contributed by atoms with Crippen molar-refractivity contribution >= 4 is 34.6 Å². The highest BCUT2D eigenvalue weighted by Gasteiger charge is 2.16. The first-order valence-electron chi connectivity index (χ1n) is 7.85. The lowest BCUT2D eigenvalue weighted by atomic mass is 10.2. The Balaban J connectivity index is 1.86. The van der Waals surface area contributed by atoms with Gasteiger partial charge in [-0.05, 0) is 42.9 Å². The molecular weight excluding hydrogens is 296 g/mol. The van der Waals surface area contributed by atoms with E-state index in [0.29, 0.717) is 11.5 Å². The first-order valence-corrected chi connectivity index (χ1v) is 8.26. The van der Waals surface area contributed by atoms with Gasteiger partial charge in [-0.2, -0.15) is 0 Å². The van der Waals surface area contributed by atoms with Crippen LogP contribution in [0.4, 0.5) is 11.4 Å². The van der Waals surface area contributed by atoms with Gasteiger partial charge in [0.25, 0.3) is 0 Å². The van der Waals surface area contributed by atoms with E-state index in [1.165, 1.54) is 18.8 Å². The minimum atomic E-state index is -0.0449. The van der Waals surface area contributed by atoms with Gasteiger partial charge in [-0.1, -0.05) is 6.92 Å². The zero-order valence-electron chi connectivity index (χ0n) is 13.3. The van der Waals surface area contributed by atoms with Crippen LogP contribution in [0, 0.1) is 0 Å². The largest absolute Gasteiger partial charge is 0.360 e. The molecule has 1 aromatic carbocycles. The summed E-state index contributed by atoms with van der Waals surface area (Å²) in [6.07, 6.45) is 1.31. The smallest absolute Gasteiger partial charge is 0.226 e. The third-order valence-corrected chi connectivity index (χ3v) is 4.04. The van der Waals surface area contributed by atoms with Gasteiger partial charge in [-0.3, -0.25) is 4.79 Å². The summed E-state index contributed by atoms with van der Waals surface area (Å²) in [6.45, 7) is 6.49. The van der Waals surface area contributed by atoms with Crippen LogP contribution in [0.2, 0.25) is 0 Å². The standard InChI is InChI=1S/C16H24N4OS/c1-3-4-15(21)18-16(22)17-13-5-7-14(8-6-13)20-11-9-19(2)10-12-20/h5-8H,3-4,9-12H2,1-2H3,(H2,17,18,21,22)/p+1. The Kier molecular flexibility index (Phi) is 6.15. The van der Waals surface area contributed by atoms with Gasteiger partial charge in [0.1, 0.15) is 0 Å². The number of hydrogen-bond donors (Lipinski definition) is 3. The zero-order chi connectivity index (χ0) is 15.9. The molecule has 1 fully saturated rings. The number of amides is 1. The lowest BCUT2D eigenvalue weighted by Crippen LogP contribution is -3.12. The van der Waals surface area contributed by atoms with Gasteiger partial charge in [0, 0.05) is 17.8 Å². The van der Waals surface area contributed by atoms with Gasteiger partial charge in [0.05, 0.1) is 33.2 Å². The number of quaternary nitrogens is 1. The van der Waals surface area contributed by atoms with Gasteiger partial charge in [-0.15, -0.1) is 0 Å². The number of nitrogens with one attached hydrogen (secondary N) is 3. The molecule has 1 saturated heterocycles. The summed E-state index contributed by atoms with van der Waals surface area (Å²) in [4.78, 5) is 15.5. The second-order valence-electron chi connectivity index (χ2n) is 5.74. The SMILES string of the molecule is CCCC(=O)NC(=S)Nc1ccc(N2CC[NH+](C)CC2)cc1. The van der Waals surface area contributed by atoms with Crippen molar-refractivity contribution in [2.75, 3.05) is 43.4 Å². The molecule has 0 aromatic heterocycles. The Bertz CT molecular complexity index is 509. The molecule has 0 atom stereocenters. The number of rotatable bonds is 4. The number of likely N-dealkylation sites (N-methyl/N-ethyl adjacent to an activating group) is 1. The number of thiocarbonyl (C=S) groups is 1. The van der Waals surface area contributed by atoms with E-state index in [1.54, 1.807) is 4.90 Å². The van der Waals surface area contributed by atoms with Crippen molar-refractivity contribution in [3.8, 4) is 0 Å². The second kappa shape index (κ2) is 8.10. The molecule has 0 unspecified atom stereocenters. The summed E-state index contributed by atoms with van der Waals surface area (Å²) in [5, 5.41) is 6.08. The Morgan fingerprint density at radius 2 is 1.91 bits per heavy atom. The van der Waals surface area contributed by atoms with Crippen LogP contribution in [0.25, 0.3) is 0 Å². The predicted molar refractivity (Wildman–Crippen MR) is 94.5 cm³/mol. The second-order valence-corrected chi connectivity index (χ2v) is 6.15. The Morgan fingerprint density at radius 3 is 2.50 bits per heavy atom. The molecule has 0 bridgehead atoms. The van der Waals surface area contributed by atoms with Crippen LogP contribution in [-0.4, -0.2) is 44.2 Å². The number of carbonyl (C=O) groups excluding carboxylic acids is 1. The van der Waals surface area contributed by atoms with E-state index < -0.39 is 0 Å². The third-order valence-electron chi connectivity index (χ3n) is 3.84. The summed E-state index contributed by atoms with van der Waals surface area (Å²) in [5.41, 5.74) is 2.13. The van der Waals surface area contributed by atoms with Crippen molar-refractivity contribution in [2.24, 2.45) is 0 Å². The van der Waals surface area contributed by atoms with E-state index in [-0.39, 0.29) is 5.91 Å². The van der Waals surface area contributed by atoms with Gasteiger partial charge < -0.3 is 20.4 Å². The fraction of sp³-hybridized carbons (Fsp3) is 0.500. The average molecular weight is 321 g/mol. The topological polar surface area (TPSA) is 48.8 Å². The van der Waals surface area contributed by atoms with E-state index in [1.807, 2.05) is 19.1 Å². The van der Waals surface area contributed by atoms with Gasteiger partial charge in [0.15, 0.2) is 5.11 Å². The highest BCUT2D eigenvalue weighted by Crippen LogP contribution is 2.17. The van der Waals surface area contributed by atoms with Crippen LogP contribution in [-0.2, 0) is 4.79 Å². The fourth-order valence-corrected chi connectivity index (χ4v) is 2.71. The Hall–Kier alpha value is -1.66. The van der Waals surface area contributed by atoms with E-state index in [0.717, 1.165) is 25.2 Å². The maximum absolute atomic E-state index is 11.5. The quantitative estimate of drug-likeness (QED) is 0.712. The summed E-state index contributed by atoms with van der Waals surface area (Å²) < 4.78 is 0. The van der Waals surface area contributed by atoms with Crippen molar-refractivity contribution in [3.05, 3.63) is 24.3 Å². The van der Waals surface area contributed by atoms with Crippen LogP contribution in [0.15, 0.2) is 24.3 Å². The number of benzene rings is 1. The number of hydrogen-bond acceptors (Lipinski definition) is 3. The average Bonchev–Trinajstić information content (AvgIpc) is 2.49.